The smallest absolute Gasteiger partial charge is 0.231 e. The lowest BCUT2D eigenvalue weighted by atomic mass is 9.93. The lowest BCUT2D eigenvalue weighted by Crippen LogP contribution is -2.28. The molecule has 0 unspecified atom stereocenters. The van der Waals surface area contributed by atoms with E-state index in [1.165, 1.54) is 11.1 Å². The molecule has 2 aliphatic rings. The van der Waals surface area contributed by atoms with Crippen molar-refractivity contribution in [1.29, 1.82) is 0 Å². The predicted molar refractivity (Wildman–Crippen MR) is 59.2 cm³/mol. The number of benzene rings is 1. The van der Waals surface area contributed by atoms with Gasteiger partial charge in [0.15, 0.2) is 11.5 Å². The van der Waals surface area contributed by atoms with E-state index in [1.807, 2.05) is 0 Å². The Labute approximate surface area is 94.5 Å². The molecule has 86 valence electrons. The first kappa shape index (κ1) is 9.78. The third-order valence-electron chi connectivity index (χ3n) is 3.25. The molecular weight excluding hydrogens is 206 g/mol. The van der Waals surface area contributed by atoms with Crippen LogP contribution in [0.15, 0.2) is 6.07 Å². The molecule has 0 spiro atoms. The minimum absolute atomic E-state index is 0.288. The van der Waals surface area contributed by atoms with Gasteiger partial charge >= 0.3 is 0 Å². The average Bonchev–Trinajstić information content (AvgIpc) is 2.75. The largest absolute Gasteiger partial charge is 0.492 e. The van der Waals surface area contributed by atoms with Crippen LogP contribution in [-0.2, 0) is 6.42 Å². The lowest BCUT2D eigenvalue weighted by molar-refractivity contribution is 0.171. The van der Waals surface area contributed by atoms with Crippen molar-refractivity contribution in [2.24, 2.45) is 0 Å². The molecule has 1 aromatic rings. The molecule has 0 amide bonds. The van der Waals surface area contributed by atoms with E-state index < -0.39 is 0 Å². The van der Waals surface area contributed by atoms with Gasteiger partial charge in [-0.05, 0) is 31.5 Å². The third-order valence-corrected chi connectivity index (χ3v) is 3.25. The van der Waals surface area contributed by atoms with Crippen molar-refractivity contribution >= 4 is 0 Å². The van der Waals surface area contributed by atoms with Crippen molar-refractivity contribution in [2.75, 3.05) is 20.4 Å². The molecule has 0 radical (unpaired) electrons. The summed E-state index contributed by atoms with van der Waals surface area (Å²) < 4.78 is 16.4. The fraction of sp³-hybridized carbons (Fsp3) is 0.500. The van der Waals surface area contributed by atoms with Crippen LogP contribution >= 0.6 is 0 Å². The van der Waals surface area contributed by atoms with Gasteiger partial charge in [0.05, 0.1) is 7.11 Å². The van der Waals surface area contributed by atoms with Gasteiger partial charge in [0.25, 0.3) is 0 Å². The Morgan fingerprint density at radius 3 is 3.12 bits per heavy atom. The summed E-state index contributed by atoms with van der Waals surface area (Å²) in [7, 11) is 1.68. The van der Waals surface area contributed by atoms with E-state index in [4.69, 9.17) is 14.2 Å². The van der Waals surface area contributed by atoms with Gasteiger partial charge in [-0.25, -0.2) is 0 Å². The Kier molecular flexibility index (Phi) is 2.17. The highest BCUT2D eigenvalue weighted by atomic mass is 16.7. The molecule has 16 heavy (non-hydrogen) atoms. The standard InChI is InChI=1S/C12H15NO3/c1-7-9-5-10-12(16-6-15-10)11(14-2)8(9)3-4-13-7/h5,7,13H,3-4,6H2,1-2H3/t7-/m0/s1. The zero-order chi connectivity index (χ0) is 11.1. The average molecular weight is 221 g/mol. The summed E-state index contributed by atoms with van der Waals surface area (Å²) in [6, 6.07) is 2.41. The number of nitrogens with one attached hydrogen (secondary N) is 1. The topological polar surface area (TPSA) is 39.7 Å². The second-order valence-corrected chi connectivity index (χ2v) is 4.14. The van der Waals surface area contributed by atoms with E-state index in [2.05, 4.69) is 18.3 Å². The summed E-state index contributed by atoms with van der Waals surface area (Å²) in [6.45, 7) is 3.42. The molecule has 1 atom stereocenters. The minimum atomic E-state index is 0.288. The van der Waals surface area contributed by atoms with Crippen LogP contribution < -0.4 is 19.5 Å². The number of hydrogen-bond acceptors (Lipinski definition) is 4. The van der Waals surface area contributed by atoms with Crippen molar-refractivity contribution in [2.45, 2.75) is 19.4 Å². The highest BCUT2D eigenvalue weighted by Crippen LogP contribution is 2.47. The first-order valence-electron chi connectivity index (χ1n) is 5.54. The van der Waals surface area contributed by atoms with E-state index >= 15 is 0 Å². The molecule has 0 saturated carbocycles. The first-order chi connectivity index (χ1) is 7.81. The van der Waals surface area contributed by atoms with E-state index in [0.29, 0.717) is 6.04 Å². The Balaban J connectivity index is 2.21. The van der Waals surface area contributed by atoms with Gasteiger partial charge in [-0.15, -0.1) is 0 Å². The molecule has 2 heterocycles. The summed E-state index contributed by atoms with van der Waals surface area (Å²) in [4.78, 5) is 0. The third kappa shape index (κ3) is 1.26. The lowest BCUT2D eigenvalue weighted by Gasteiger charge is -2.26. The van der Waals surface area contributed by atoms with Crippen LogP contribution in [0.5, 0.6) is 17.2 Å². The molecular formula is C12H15NO3. The van der Waals surface area contributed by atoms with Gasteiger partial charge in [0, 0.05) is 11.6 Å². The fourth-order valence-corrected chi connectivity index (χ4v) is 2.45. The highest BCUT2D eigenvalue weighted by molar-refractivity contribution is 5.61. The van der Waals surface area contributed by atoms with Crippen LogP contribution in [0.2, 0.25) is 0 Å². The number of hydrogen-bond donors (Lipinski definition) is 1. The van der Waals surface area contributed by atoms with Crippen molar-refractivity contribution in [3.8, 4) is 17.2 Å². The molecule has 0 aromatic heterocycles. The number of fused-ring (bicyclic) bond motifs is 2. The van der Waals surface area contributed by atoms with Crippen LogP contribution in [-0.4, -0.2) is 20.4 Å². The fourth-order valence-electron chi connectivity index (χ4n) is 2.45. The van der Waals surface area contributed by atoms with E-state index in [0.717, 1.165) is 30.2 Å². The quantitative estimate of drug-likeness (QED) is 0.782. The van der Waals surface area contributed by atoms with Crippen molar-refractivity contribution in [3.63, 3.8) is 0 Å². The van der Waals surface area contributed by atoms with Gasteiger partial charge in [-0.3, -0.25) is 0 Å². The molecule has 0 saturated heterocycles. The van der Waals surface area contributed by atoms with Crippen LogP contribution in [0.25, 0.3) is 0 Å². The summed E-state index contributed by atoms with van der Waals surface area (Å²) >= 11 is 0. The molecule has 4 nitrogen and oxygen atoms in total. The maximum atomic E-state index is 5.47. The maximum Gasteiger partial charge on any atom is 0.231 e. The Morgan fingerprint density at radius 1 is 1.44 bits per heavy atom. The van der Waals surface area contributed by atoms with Crippen LogP contribution in [0.1, 0.15) is 24.1 Å². The summed E-state index contributed by atoms with van der Waals surface area (Å²) in [5.74, 6) is 2.40. The normalized spacial score (nSPS) is 21.8. The second-order valence-electron chi connectivity index (χ2n) is 4.14. The number of ether oxygens (including phenoxy) is 3. The summed E-state index contributed by atoms with van der Waals surface area (Å²) in [5, 5.41) is 3.43. The number of rotatable bonds is 1. The van der Waals surface area contributed by atoms with E-state index in [-0.39, 0.29) is 6.79 Å². The van der Waals surface area contributed by atoms with Gasteiger partial charge in [-0.1, -0.05) is 0 Å². The number of methoxy groups -OCH3 is 1. The van der Waals surface area contributed by atoms with Gasteiger partial charge < -0.3 is 19.5 Å². The molecule has 4 heteroatoms. The Morgan fingerprint density at radius 2 is 2.31 bits per heavy atom. The maximum absolute atomic E-state index is 5.47. The Bertz CT molecular complexity index is 431. The van der Waals surface area contributed by atoms with Crippen molar-refractivity contribution in [3.05, 3.63) is 17.2 Å². The molecule has 1 aromatic carbocycles. The molecule has 1 N–H and O–H groups in total. The zero-order valence-electron chi connectivity index (χ0n) is 9.50. The SMILES string of the molecule is COc1c2c(cc3c1OCO3)[C@H](C)NCC2. The minimum Gasteiger partial charge on any atom is -0.492 e. The van der Waals surface area contributed by atoms with Gasteiger partial charge in [0.2, 0.25) is 12.5 Å². The van der Waals surface area contributed by atoms with Crippen molar-refractivity contribution < 1.29 is 14.2 Å². The summed E-state index contributed by atoms with van der Waals surface area (Å²) in [6.07, 6.45) is 0.972. The van der Waals surface area contributed by atoms with E-state index in [1.54, 1.807) is 7.11 Å². The molecule has 0 fully saturated rings. The highest BCUT2D eigenvalue weighted by Gasteiger charge is 2.28. The molecule has 0 aliphatic carbocycles. The molecule has 3 rings (SSSR count). The van der Waals surface area contributed by atoms with Crippen LogP contribution in [0, 0.1) is 0 Å². The van der Waals surface area contributed by atoms with Crippen LogP contribution in [0.4, 0.5) is 0 Å². The first-order valence-corrected chi connectivity index (χ1v) is 5.54. The molecule has 2 aliphatic heterocycles. The van der Waals surface area contributed by atoms with Gasteiger partial charge in [0.1, 0.15) is 0 Å². The monoisotopic (exact) mass is 221 g/mol. The Hall–Kier alpha value is -1.42. The second kappa shape index (κ2) is 3.56. The van der Waals surface area contributed by atoms with Crippen molar-refractivity contribution in [1.82, 2.24) is 5.32 Å². The van der Waals surface area contributed by atoms with E-state index in [9.17, 15) is 0 Å². The van der Waals surface area contributed by atoms with Gasteiger partial charge in [-0.2, -0.15) is 0 Å². The summed E-state index contributed by atoms with van der Waals surface area (Å²) in [5.41, 5.74) is 2.50. The molecule has 0 bridgehead atoms. The van der Waals surface area contributed by atoms with Crippen LogP contribution in [0.3, 0.4) is 0 Å². The zero-order valence-corrected chi connectivity index (χ0v) is 9.50. The predicted octanol–water partition coefficient (Wildman–Crippen LogP) is 1.63.